The lowest BCUT2D eigenvalue weighted by Gasteiger charge is -2.22. The number of H-pyrrole nitrogens is 1. The van der Waals surface area contributed by atoms with Crippen LogP contribution in [0.2, 0.25) is 0 Å². The van der Waals surface area contributed by atoms with Crippen molar-refractivity contribution in [3.05, 3.63) is 39.2 Å². The zero-order valence-electron chi connectivity index (χ0n) is 18.8. The van der Waals surface area contributed by atoms with E-state index in [1.165, 1.54) is 7.11 Å². The van der Waals surface area contributed by atoms with E-state index >= 15 is 0 Å². The van der Waals surface area contributed by atoms with Crippen LogP contribution in [0.15, 0.2) is 16.9 Å². The molecule has 2 heterocycles. The molecule has 0 radical (unpaired) electrons. The highest BCUT2D eigenvalue weighted by molar-refractivity contribution is 5.94. The van der Waals surface area contributed by atoms with E-state index in [2.05, 4.69) is 11.9 Å². The molecule has 1 aromatic heterocycles. The predicted molar refractivity (Wildman–Crippen MR) is 118 cm³/mol. The number of hydrogen-bond acceptors (Lipinski definition) is 6. The number of aromatic nitrogens is 1. The second kappa shape index (κ2) is 9.45. The Morgan fingerprint density at radius 1 is 1.32 bits per heavy atom. The maximum atomic E-state index is 12.7. The summed E-state index contributed by atoms with van der Waals surface area (Å²) in [6.45, 7) is 9.06. The molecule has 0 bridgehead atoms. The third kappa shape index (κ3) is 4.27. The second-order valence-corrected chi connectivity index (χ2v) is 8.13. The Hall–Kier alpha value is -2.96. The molecule has 3 rings (SSSR count). The number of benzene rings is 1. The highest BCUT2D eigenvalue weighted by atomic mass is 16.5. The van der Waals surface area contributed by atoms with Crippen molar-refractivity contribution in [2.45, 2.75) is 52.9 Å². The number of esters is 1. The summed E-state index contributed by atoms with van der Waals surface area (Å²) in [5, 5.41) is 11.0. The van der Waals surface area contributed by atoms with E-state index in [1.807, 2.05) is 32.9 Å². The summed E-state index contributed by atoms with van der Waals surface area (Å²) >= 11 is 0. The maximum Gasteiger partial charge on any atom is 0.347 e. The Labute approximate surface area is 182 Å². The first-order valence-corrected chi connectivity index (χ1v) is 10.8. The number of aromatic hydroxyl groups is 1. The van der Waals surface area contributed by atoms with Crippen LogP contribution in [0, 0.1) is 5.92 Å². The van der Waals surface area contributed by atoms with Gasteiger partial charge in [0.05, 0.1) is 26.0 Å². The average Bonchev–Trinajstić information content (AvgIpc) is 2.90. The van der Waals surface area contributed by atoms with Gasteiger partial charge in [0.15, 0.2) is 5.56 Å². The van der Waals surface area contributed by atoms with E-state index in [9.17, 15) is 14.7 Å². The highest BCUT2D eigenvalue weighted by Gasteiger charge is 2.34. The zero-order chi connectivity index (χ0) is 22.7. The molecule has 1 aromatic carbocycles. The minimum atomic E-state index is -0.872. The number of carbonyl (C=O) groups excluding carboxylic acids is 1. The summed E-state index contributed by atoms with van der Waals surface area (Å²) < 4.78 is 16.8. The quantitative estimate of drug-likeness (QED) is 0.500. The number of rotatable bonds is 7. The van der Waals surface area contributed by atoms with E-state index in [0.717, 1.165) is 30.6 Å². The second-order valence-electron chi connectivity index (χ2n) is 8.13. The van der Waals surface area contributed by atoms with Crippen molar-refractivity contribution >= 4 is 5.97 Å². The Morgan fingerprint density at radius 2 is 2.06 bits per heavy atom. The number of hydrogen-bond donors (Lipinski definition) is 2. The van der Waals surface area contributed by atoms with E-state index in [4.69, 9.17) is 14.2 Å². The predicted octanol–water partition coefficient (Wildman–Crippen LogP) is 4.41. The van der Waals surface area contributed by atoms with Crippen molar-refractivity contribution in [2.24, 2.45) is 5.92 Å². The number of carbonyl (C=O) groups is 1. The van der Waals surface area contributed by atoms with Crippen molar-refractivity contribution in [2.75, 3.05) is 20.3 Å². The Balaban J connectivity index is 2.26. The van der Waals surface area contributed by atoms with Crippen LogP contribution in [0.3, 0.4) is 0 Å². The van der Waals surface area contributed by atoms with Gasteiger partial charge in [-0.05, 0) is 30.4 Å². The fourth-order valence-electron chi connectivity index (χ4n) is 3.92. The molecular weight excluding hydrogens is 398 g/mol. The van der Waals surface area contributed by atoms with Gasteiger partial charge < -0.3 is 24.3 Å². The number of ether oxygens (including phenoxy) is 3. The monoisotopic (exact) mass is 429 g/mol. The van der Waals surface area contributed by atoms with Gasteiger partial charge in [0.1, 0.15) is 17.2 Å². The lowest BCUT2D eigenvalue weighted by atomic mass is 9.85. The summed E-state index contributed by atoms with van der Waals surface area (Å²) in [7, 11) is 1.18. The molecule has 1 aliphatic heterocycles. The first kappa shape index (κ1) is 22.7. The fourth-order valence-corrected chi connectivity index (χ4v) is 3.92. The standard InChI is InChI=1S/C24H31NO6/c1-6-8-9-30-17-11-18-15(10-14(17)7-2)21-19(16(12-31-18)13(3)4)22(26)20(23(27)25-21)24(28)29-5/h10-11,13,16H,6-9,12H2,1-5H3,(H2,25,26,27)/t16-/m0/s1. The van der Waals surface area contributed by atoms with E-state index in [1.54, 1.807) is 0 Å². The average molecular weight is 430 g/mol. The molecule has 1 atom stereocenters. The zero-order valence-corrected chi connectivity index (χ0v) is 18.8. The molecule has 7 heteroatoms. The number of pyridine rings is 1. The minimum Gasteiger partial charge on any atom is -0.506 e. The molecule has 0 amide bonds. The number of unbranched alkanes of at least 4 members (excludes halogenated alkanes) is 1. The number of aryl methyl sites for hydroxylation is 1. The van der Waals surface area contributed by atoms with Gasteiger partial charge in [0, 0.05) is 23.1 Å². The van der Waals surface area contributed by atoms with Gasteiger partial charge in [-0.3, -0.25) is 4.79 Å². The Morgan fingerprint density at radius 3 is 2.68 bits per heavy atom. The molecule has 0 spiro atoms. The first-order valence-electron chi connectivity index (χ1n) is 10.8. The van der Waals surface area contributed by atoms with Crippen molar-refractivity contribution < 1.29 is 24.1 Å². The third-order valence-electron chi connectivity index (χ3n) is 5.78. The van der Waals surface area contributed by atoms with Crippen LogP contribution in [-0.4, -0.2) is 36.4 Å². The number of nitrogens with one attached hydrogen (secondary N) is 1. The van der Waals surface area contributed by atoms with Gasteiger partial charge in [-0.15, -0.1) is 0 Å². The Kier molecular flexibility index (Phi) is 6.93. The molecule has 0 aliphatic carbocycles. The van der Waals surface area contributed by atoms with Crippen molar-refractivity contribution in [3.63, 3.8) is 0 Å². The molecule has 0 saturated heterocycles. The smallest absolute Gasteiger partial charge is 0.347 e. The summed E-state index contributed by atoms with van der Waals surface area (Å²) in [6.07, 6.45) is 2.72. The Bertz CT molecular complexity index is 1020. The van der Waals surface area contributed by atoms with Crippen molar-refractivity contribution in [3.8, 4) is 28.5 Å². The van der Waals surface area contributed by atoms with Crippen molar-refractivity contribution in [1.29, 1.82) is 0 Å². The van der Waals surface area contributed by atoms with Gasteiger partial charge in [-0.25, -0.2) is 4.79 Å². The van der Waals surface area contributed by atoms with Gasteiger partial charge in [0.25, 0.3) is 5.56 Å². The molecule has 168 valence electrons. The van der Waals surface area contributed by atoms with Crippen LogP contribution in [0.25, 0.3) is 11.3 Å². The molecule has 0 fully saturated rings. The summed E-state index contributed by atoms with van der Waals surface area (Å²) in [4.78, 5) is 27.7. The first-order chi connectivity index (χ1) is 14.8. The summed E-state index contributed by atoms with van der Waals surface area (Å²) in [6, 6.07) is 3.80. The third-order valence-corrected chi connectivity index (χ3v) is 5.78. The maximum absolute atomic E-state index is 12.7. The van der Waals surface area contributed by atoms with E-state index < -0.39 is 11.5 Å². The molecule has 0 saturated carbocycles. The molecular formula is C24H31NO6. The molecule has 1 aliphatic rings. The van der Waals surface area contributed by atoms with E-state index in [-0.39, 0.29) is 29.8 Å². The molecule has 2 aromatic rings. The van der Waals surface area contributed by atoms with Crippen LogP contribution in [0.1, 0.15) is 67.9 Å². The summed E-state index contributed by atoms with van der Waals surface area (Å²) in [5.41, 5.74) is 1.53. The SMILES string of the molecule is CCCCOc1cc2c(cc1CC)-c1[nH]c(=O)c(C(=O)OC)c(O)c1[C@H](C(C)C)CO2. The van der Waals surface area contributed by atoms with Crippen LogP contribution < -0.4 is 15.0 Å². The molecule has 2 N–H and O–H groups in total. The minimum absolute atomic E-state index is 0.0845. The summed E-state index contributed by atoms with van der Waals surface area (Å²) in [5.74, 6) is -0.0325. The van der Waals surface area contributed by atoms with Gasteiger partial charge in [-0.2, -0.15) is 0 Å². The van der Waals surface area contributed by atoms with Gasteiger partial charge in [0.2, 0.25) is 0 Å². The molecule has 0 unspecified atom stereocenters. The topological polar surface area (TPSA) is 97.9 Å². The number of fused-ring (bicyclic) bond motifs is 3. The largest absolute Gasteiger partial charge is 0.506 e. The van der Waals surface area contributed by atoms with Crippen LogP contribution in [0.5, 0.6) is 17.2 Å². The number of aromatic amines is 1. The van der Waals surface area contributed by atoms with Crippen LogP contribution in [-0.2, 0) is 11.2 Å². The van der Waals surface area contributed by atoms with Crippen LogP contribution >= 0.6 is 0 Å². The van der Waals surface area contributed by atoms with Gasteiger partial charge >= 0.3 is 5.97 Å². The number of methoxy groups -OCH3 is 1. The fraction of sp³-hybridized carbons (Fsp3) is 0.500. The van der Waals surface area contributed by atoms with Gasteiger partial charge in [-0.1, -0.05) is 34.1 Å². The van der Waals surface area contributed by atoms with E-state index in [0.29, 0.717) is 29.2 Å². The van der Waals surface area contributed by atoms with Crippen molar-refractivity contribution in [1.82, 2.24) is 4.98 Å². The molecule has 31 heavy (non-hydrogen) atoms. The lowest BCUT2D eigenvalue weighted by molar-refractivity contribution is 0.0595. The highest BCUT2D eigenvalue weighted by Crippen LogP contribution is 2.46. The lowest BCUT2D eigenvalue weighted by Crippen LogP contribution is -2.23. The molecule has 7 nitrogen and oxygen atoms in total. The van der Waals surface area contributed by atoms with Crippen LogP contribution in [0.4, 0.5) is 0 Å². The normalized spacial score (nSPS) is 15.0.